The Bertz CT molecular complexity index is 1320. The maximum Gasteiger partial charge on any atom is 0.336 e. The maximum atomic E-state index is 14.6. The van der Waals surface area contributed by atoms with Crippen LogP contribution in [-0.2, 0) is 16.0 Å². The van der Waals surface area contributed by atoms with Gasteiger partial charge in [0.1, 0.15) is 0 Å². The summed E-state index contributed by atoms with van der Waals surface area (Å²) >= 11 is 0. The van der Waals surface area contributed by atoms with Crippen molar-refractivity contribution in [2.75, 3.05) is 19.6 Å². The summed E-state index contributed by atoms with van der Waals surface area (Å²) in [7, 11) is 0. The van der Waals surface area contributed by atoms with E-state index >= 15 is 0 Å². The molecular weight excluding hydrogens is 439 g/mol. The molecule has 6 rings (SSSR count). The third-order valence-electron chi connectivity index (χ3n) is 7.12. The van der Waals surface area contributed by atoms with Crippen molar-refractivity contribution >= 4 is 22.9 Å². The fourth-order valence-electron chi connectivity index (χ4n) is 5.46. The van der Waals surface area contributed by atoms with Gasteiger partial charge in [0.15, 0.2) is 17.1 Å². The highest BCUT2D eigenvalue weighted by Crippen LogP contribution is 2.44. The highest BCUT2D eigenvalue weighted by atomic mass is 19.1. The smallest absolute Gasteiger partial charge is 0.336 e. The number of aryl methyl sites for hydroxylation is 1. The molecule has 1 aromatic heterocycles. The first-order chi connectivity index (χ1) is 16.6. The second kappa shape index (κ2) is 8.36. The van der Waals surface area contributed by atoms with Crippen molar-refractivity contribution < 1.29 is 28.0 Å². The molecule has 1 fully saturated rings. The van der Waals surface area contributed by atoms with Crippen molar-refractivity contribution in [3.05, 3.63) is 65.1 Å². The van der Waals surface area contributed by atoms with E-state index in [0.29, 0.717) is 17.0 Å². The van der Waals surface area contributed by atoms with Gasteiger partial charge >= 0.3 is 11.9 Å². The predicted molar refractivity (Wildman–Crippen MR) is 120 cm³/mol. The van der Waals surface area contributed by atoms with Crippen molar-refractivity contribution in [1.82, 2.24) is 10.1 Å². The lowest BCUT2D eigenvalue weighted by Gasteiger charge is -2.33. The first kappa shape index (κ1) is 21.0. The first-order valence-electron chi connectivity index (χ1n) is 11.6. The molecule has 1 saturated heterocycles. The molecule has 34 heavy (non-hydrogen) atoms. The molecule has 0 spiro atoms. The maximum absolute atomic E-state index is 14.6. The zero-order chi connectivity index (χ0) is 23.2. The number of carbonyl (C=O) groups is 2. The fourth-order valence-corrected chi connectivity index (χ4v) is 5.46. The average Bonchev–Trinajstić information content (AvgIpc) is 3.44. The van der Waals surface area contributed by atoms with Gasteiger partial charge in [-0.1, -0.05) is 29.4 Å². The van der Waals surface area contributed by atoms with Crippen LogP contribution in [0.3, 0.4) is 0 Å². The Morgan fingerprint density at radius 2 is 1.74 bits per heavy atom. The van der Waals surface area contributed by atoms with E-state index in [9.17, 15) is 14.0 Å². The van der Waals surface area contributed by atoms with Crippen LogP contribution in [-0.4, -0.2) is 41.6 Å². The second-order valence-electron chi connectivity index (χ2n) is 9.14. The van der Waals surface area contributed by atoms with E-state index in [0.717, 1.165) is 57.1 Å². The molecule has 174 valence electrons. The van der Waals surface area contributed by atoms with Crippen LogP contribution < -0.4 is 9.47 Å². The Labute approximate surface area is 195 Å². The number of esters is 2. The molecule has 2 aliphatic heterocycles. The van der Waals surface area contributed by atoms with Crippen molar-refractivity contribution in [2.24, 2.45) is 0 Å². The summed E-state index contributed by atoms with van der Waals surface area (Å²) < 4.78 is 30.5. The van der Waals surface area contributed by atoms with Crippen LogP contribution in [0, 0.1) is 5.82 Å². The number of benzene rings is 2. The Balaban J connectivity index is 1.24. The molecule has 2 aromatic carbocycles. The predicted octanol–water partition coefficient (Wildman–Crippen LogP) is 4.26. The largest absolute Gasteiger partial charge is 0.418 e. The Kier molecular flexibility index (Phi) is 5.17. The number of nitrogens with zero attached hydrogens (tertiary/aromatic N) is 2. The lowest BCUT2D eigenvalue weighted by Crippen LogP contribution is -2.35. The summed E-state index contributed by atoms with van der Waals surface area (Å²) in [5, 5.41) is 4.60. The first-order valence-corrected chi connectivity index (χ1v) is 11.6. The number of halogens is 1. The molecule has 0 N–H and O–H groups in total. The lowest BCUT2D eigenvalue weighted by atomic mass is 9.90. The number of hydrogen-bond donors (Lipinski definition) is 0. The standard InChI is InChI=1S/C26H23FN2O5/c27-19-13-20-23(26-25(19)32-21(30)7-8-22(31)33-26)24(28-34-20)16-9-11-29(12-10-16)14-17-6-5-15-3-1-2-4-18(15)17/h1-4,7-8,13,16-17H,5-6,9-12,14H2/b8-7+. The quantitative estimate of drug-likeness (QED) is 0.425. The van der Waals surface area contributed by atoms with E-state index in [-0.39, 0.29) is 17.3 Å². The van der Waals surface area contributed by atoms with Crippen LogP contribution >= 0.6 is 0 Å². The second-order valence-corrected chi connectivity index (χ2v) is 9.14. The normalized spacial score (nSPS) is 22.0. The third kappa shape index (κ3) is 3.68. The summed E-state index contributed by atoms with van der Waals surface area (Å²) in [5.41, 5.74) is 3.69. The molecule has 8 heteroatoms. The van der Waals surface area contributed by atoms with Gasteiger partial charge in [-0.05, 0) is 55.8 Å². The average molecular weight is 462 g/mol. The highest BCUT2D eigenvalue weighted by Gasteiger charge is 2.33. The fraction of sp³-hybridized carbons (Fsp3) is 0.346. The molecule has 1 aliphatic carbocycles. The molecule has 3 aromatic rings. The van der Waals surface area contributed by atoms with E-state index in [2.05, 4.69) is 34.3 Å². The summed E-state index contributed by atoms with van der Waals surface area (Å²) in [6.07, 6.45) is 5.87. The minimum Gasteiger partial charge on any atom is -0.418 e. The van der Waals surface area contributed by atoms with Gasteiger partial charge in [0.2, 0.25) is 5.75 Å². The summed E-state index contributed by atoms with van der Waals surface area (Å²) in [6.45, 7) is 2.83. The monoisotopic (exact) mass is 462 g/mol. The Morgan fingerprint density at radius 3 is 2.53 bits per heavy atom. The molecule has 1 unspecified atom stereocenters. The number of carbonyl (C=O) groups excluding carboxylic acids is 2. The number of piperidine rings is 1. The van der Waals surface area contributed by atoms with E-state index in [4.69, 9.17) is 14.0 Å². The number of ether oxygens (including phenoxy) is 2. The van der Waals surface area contributed by atoms with Crippen LogP contribution in [0.1, 0.15) is 47.9 Å². The van der Waals surface area contributed by atoms with Gasteiger partial charge in [-0.15, -0.1) is 0 Å². The zero-order valence-corrected chi connectivity index (χ0v) is 18.5. The van der Waals surface area contributed by atoms with Crippen molar-refractivity contribution in [3.63, 3.8) is 0 Å². The van der Waals surface area contributed by atoms with Crippen molar-refractivity contribution in [1.29, 1.82) is 0 Å². The van der Waals surface area contributed by atoms with Crippen LogP contribution in [0.2, 0.25) is 0 Å². The van der Waals surface area contributed by atoms with Gasteiger partial charge in [-0.2, -0.15) is 0 Å². The van der Waals surface area contributed by atoms with Gasteiger partial charge in [0.25, 0.3) is 0 Å². The molecule has 0 amide bonds. The number of rotatable bonds is 3. The van der Waals surface area contributed by atoms with Gasteiger partial charge in [0.05, 0.1) is 11.1 Å². The number of fused-ring (bicyclic) bond motifs is 4. The third-order valence-corrected chi connectivity index (χ3v) is 7.12. The molecule has 3 heterocycles. The summed E-state index contributed by atoms with van der Waals surface area (Å²) in [5.74, 6) is -2.45. The lowest BCUT2D eigenvalue weighted by molar-refractivity contribution is -0.133. The summed E-state index contributed by atoms with van der Waals surface area (Å²) in [6, 6.07) is 9.82. The summed E-state index contributed by atoms with van der Waals surface area (Å²) in [4.78, 5) is 26.5. The molecule has 0 bridgehead atoms. The molecule has 0 saturated carbocycles. The van der Waals surface area contributed by atoms with E-state index in [1.165, 1.54) is 17.5 Å². The SMILES string of the molecule is O=C1/C=C/C(=O)Oc2c(c(F)cc3onc(C4CCN(CC5CCc6ccccc65)CC4)c23)O1. The van der Waals surface area contributed by atoms with Crippen molar-refractivity contribution in [3.8, 4) is 11.5 Å². The van der Waals surface area contributed by atoms with Gasteiger partial charge < -0.3 is 18.9 Å². The molecule has 1 atom stereocenters. The molecule has 0 radical (unpaired) electrons. The molecular formula is C26H23FN2O5. The van der Waals surface area contributed by atoms with E-state index < -0.39 is 23.5 Å². The van der Waals surface area contributed by atoms with Gasteiger partial charge in [0, 0.05) is 30.7 Å². The van der Waals surface area contributed by atoms with Gasteiger partial charge in [-0.25, -0.2) is 14.0 Å². The van der Waals surface area contributed by atoms with E-state index in [1.807, 2.05) is 0 Å². The highest BCUT2D eigenvalue weighted by molar-refractivity contribution is 5.99. The van der Waals surface area contributed by atoms with Crippen LogP contribution in [0.5, 0.6) is 11.5 Å². The Morgan fingerprint density at radius 1 is 1.00 bits per heavy atom. The van der Waals surface area contributed by atoms with Crippen LogP contribution in [0.4, 0.5) is 4.39 Å². The number of likely N-dealkylation sites (tertiary alicyclic amines) is 1. The minimum absolute atomic E-state index is 0.0540. The molecule has 7 nitrogen and oxygen atoms in total. The van der Waals surface area contributed by atoms with E-state index in [1.54, 1.807) is 0 Å². The number of hydrogen-bond acceptors (Lipinski definition) is 7. The number of aromatic nitrogens is 1. The zero-order valence-electron chi connectivity index (χ0n) is 18.5. The minimum atomic E-state index is -0.853. The Hall–Kier alpha value is -3.52. The van der Waals surface area contributed by atoms with Gasteiger partial charge in [-0.3, -0.25) is 0 Å². The van der Waals surface area contributed by atoms with Crippen molar-refractivity contribution in [2.45, 2.75) is 37.5 Å². The van der Waals surface area contributed by atoms with Crippen LogP contribution in [0.25, 0.3) is 11.0 Å². The topological polar surface area (TPSA) is 81.9 Å². The van der Waals surface area contributed by atoms with Crippen LogP contribution in [0.15, 0.2) is 47.0 Å². The molecule has 3 aliphatic rings.